The number of carbonyl (C=O) groups is 1. The summed E-state index contributed by atoms with van der Waals surface area (Å²) in [5.74, 6) is 0.440. The van der Waals surface area contributed by atoms with Gasteiger partial charge < -0.3 is 5.32 Å². The predicted octanol–water partition coefficient (Wildman–Crippen LogP) is 2.93. The second kappa shape index (κ2) is 5.80. The third-order valence-electron chi connectivity index (χ3n) is 2.67. The number of carbonyl (C=O) groups excluding carboxylic acids is 1. The fourth-order valence-electron chi connectivity index (χ4n) is 1.72. The van der Waals surface area contributed by atoms with Gasteiger partial charge in [0, 0.05) is 11.4 Å². The Balaban J connectivity index is 2.05. The Bertz CT molecular complexity index is 613. The van der Waals surface area contributed by atoms with Crippen molar-refractivity contribution in [1.82, 2.24) is 9.97 Å². The fraction of sp³-hybridized carbons (Fsp3) is 0.214. The summed E-state index contributed by atoms with van der Waals surface area (Å²) in [5.41, 5.74) is 2.48. The van der Waals surface area contributed by atoms with E-state index in [-0.39, 0.29) is 12.3 Å². The van der Waals surface area contributed by atoms with Crippen LogP contribution in [0.2, 0.25) is 5.15 Å². The van der Waals surface area contributed by atoms with E-state index in [1.54, 1.807) is 12.1 Å². The summed E-state index contributed by atoms with van der Waals surface area (Å²) >= 11 is 5.78. The van der Waals surface area contributed by atoms with Crippen molar-refractivity contribution < 1.29 is 4.79 Å². The van der Waals surface area contributed by atoms with E-state index in [4.69, 9.17) is 11.6 Å². The molecule has 0 fully saturated rings. The molecule has 0 unspecified atom stereocenters. The Labute approximate surface area is 116 Å². The van der Waals surface area contributed by atoms with Gasteiger partial charge in [0.2, 0.25) is 5.91 Å². The Morgan fingerprint density at radius 3 is 2.68 bits per heavy atom. The number of rotatable bonds is 3. The highest BCUT2D eigenvalue weighted by Gasteiger charge is 2.08. The Kier molecular flexibility index (Phi) is 4.12. The van der Waals surface area contributed by atoms with Crippen molar-refractivity contribution >= 4 is 23.3 Å². The highest BCUT2D eigenvalue weighted by molar-refractivity contribution is 6.29. The van der Waals surface area contributed by atoms with Crippen molar-refractivity contribution in [2.75, 3.05) is 5.32 Å². The van der Waals surface area contributed by atoms with Gasteiger partial charge in [0.1, 0.15) is 11.0 Å². The molecule has 98 valence electrons. The highest BCUT2D eigenvalue weighted by atomic mass is 35.5. The molecule has 0 atom stereocenters. The maximum atomic E-state index is 11.9. The van der Waals surface area contributed by atoms with Gasteiger partial charge in [-0.2, -0.15) is 0 Å². The molecule has 0 spiro atoms. The average Bonchev–Trinajstić information content (AvgIpc) is 2.33. The van der Waals surface area contributed by atoms with Crippen molar-refractivity contribution in [3.8, 4) is 0 Å². The van der Waals surface area contributed by atoms with Gasteiger partial charge in [0.15, 0.2) is 0 Å². The van der Waals surface area contributed by atoms with Crippen LogP contribution in [0.3, 0.4) is 0 Å². The van der Waals surface area contributed by atoms with Crippen molar-refractivity contribution in [3.05, 3.63) is 52.4 Å². The van der Waals surface area contributed by atoms with Crippen LogP contribution in [-0.4, -0.2) is 15.9 Å². The normalized spacial score (nSPS) is 10.3. The number of nitrogens with zero attached hydrogens (tertiary/aromatic N) is 2. The first kappa shape index (κ1) is 13.5. The zero-order chi connectivity index (χ0) is 13.8. The predicted molar refractivity (Wildman–Crippen MR) is 75.3 cm³/mol. The summed E-state index contributed by atoms with van der Waals surface area (Å²) in [6, 6.07) is 8.99. The van der Waals surface area contributed by atoms with Crippen LogP contribution >= 0.6 is 11.6 Å². The van der Waals surface area contributed by atoms with E-state index in [2.05, 4.69) is 15.3 Å². The van der Waals surface area contributed by atoms with Crippen LogP contribution in [-0.2, 0) is 11.2 Å². The van der Waals surface area contributed by atoms with Crippen LogP contribution in [0.25, 0.3) is 0 Å². The molecule has 2 rings (SSSR count). The Morgan fingerprint density at radius 1 is 1.21 bits per heavy atom. The van der Waals surface area contributed by atoms with Crippen LogP contribution in [0.5, 0.6) is 0 Å². The van der Waals surface area contributed by atoms with Gasteiger partial charge in [0.05, 0.1) is 6.42 Å². The molecule has 0 radical (unpaired) electrons. The molecule has 2 heterocycles. The number of aryl methyl sites for hydroxylation is 2. The zero-order valence-corrected chi connectivity index (χ0v) is 11.5. The smallest absolute Gasteiger partial charge is 0.230 e. The molecule has 0 aliphatic rings. The van der Waals surface area contributed by atoms with Gasteiger partial charge in [-0.1, -0.05) is 23.7 Å². The second-order valence-corrected chi connectivity index (χ2v) is 4.65. The Hall–Kier alpha value is -1.94. The van der Waals surface area contributed by atoms with E-state index in [0.717, 1.165) is 17.0 Å². The van der Waals surface area contributed by atoms with E-state index < -0.39 is 0 Å². The number of hydrogen-bond acceptors (Lipinski definition) is 3. The van der Waals surface area contributed by atoms with Gasteiger partial charge >= 0.3 is 0 Å². The van der Waals surface area contributed by atoms with Gasteiger partial charge in [-0.3, -0.25) is 4.79 Å². The molecule has 0 aliphatic heterocycles. The lowest BCUT2D eigenvalue weighted by Crippen LogP contribution is -2.16. The first-order chi connectivity index (χ1) is 9.04. The Morgan fingerprint density at radius 2 is 2.00 bits per heavy atom. The molecule has 0 bridgehead atoms. The molecule has 5 heteroatoms. The average molecular weight is 276 g/mol. The van der Waals surface area contributed by atoms with E-state index in [1.807, 2.05) is 32.0 Å². The van der Waals surface area contributed by atoms with Crippen molar-refractivity contribution in [1.29, 1.82) is 0 Å². The second-order valence-electron chi connectivity index (χ2n) is 4.27. The molecule has 1 N–H and O–H groups in total. The minimum Gasteiger partial charge on any atom is -0.310 e. The SMILES string of the molecule is Cc1cccc(NC(=O)Cc2ccc(Cl)nc2C)n1. The molecule has 4 nitrogen and oxygen atoms in total. The zero-order valence-electron chi connectivity index (χ0n) is 10.8. The van der Waals surface area contributed by atoms with Crippen molar-refractivity contribution in [2.45, 2.75) is 20.3 Å². The molecular weight excluding hydrogens is 262 g/mol. The summed E-state index contributed by atoms with van der Waals surface area (Å²) in [5, 5.41) is 3.19. The molecule has 0 aliphatic carbocycles. The number of aromatic nitrogens is 2. The van der Waals surface area contributed by atoms with E-state index in [1.165, 1.54) is 0 Å². The third-order valence-corrected chi connectivity index (χ3v) is 2.88. The third kappa shape index (κ3) is 3.76. The van der Waals surface area contributed by atoms with Crippen LogP contribution in [0.15, 0.2) is 30.3 Å². The molecule has 1 amide bonds. The summed E-state index contributed by atoms with van der Waals surface area (Å²) in [4.78, 5) is 20.3. The number of amides is 1. The van der Waals surface area contributed by atoms with Crippen LogP contribution in [0.4, 0.5) is 5.82 Å². The van der Waals surface area contributed by atoms with Crippen molar-refractivity contribution in [2.24, 2.45) is 0 Å². The minimum atomic E-state index is -0.120. The first-order valence-corrected chi connectivity index (χ1v) is 6.28. The van der Waals surface area contributed by atoms with E-state index in [0.29, 0.717) is 11.0 Å². The molecule has 0 saturated carbocycles. The first-order valence-electron chi connectivity index (χ1n) is 5.90. The summed E-state index contributed by atoms with van der Waals surface area (Å²) in [7, 11) is 0. The van der Waals surface area contributed by atoms with Gasteiger partial charge in [-0.15, -0.1) is 0 Å². The molecule has 2 aromatic rings. The molecule has 0 aromatic carbocycles. The minimum absolute atomic E-state index is 0.120. The van der Waals surface area contributed by atoms with Gasteiger partial charge in [-0.25, -0.2) is 9.97 Å². The lowest BCUT2D eigenvalue weighted by molar-refractivity contribution is -0.115. The van der Waals surface area contributed by atoms with E-state index in [9.17, 15) is 4.79 Å². The number of pyridine rings is 2. The summed E-state index contributed by atoms with van der Waals surface area (Å²) < 4.78 is 0. The summed E-state index contributed by atoms with van der Waals surface area (Å²) in [6.45, 7) is 3.71. The van der Waals surface area contributed by atoms with E-state index >= 15 is 0 Å². The number of hydrogen-bond donors (Lipinski definition) is 1. The molecule has 2 aromatic heterocycles. The number of halogens is 1. The topological polar surface area (TPSA) is 54.9 Å². The standard InChI is InChI=1S/C14H14ClN3O/c1-9-4-3-5-13(16-9)18-14(19)8-11-6-7-12(15)17-10(11)2/h3-7H,8H2,1-2H3,(H,16,18,19). The maximum absolute atomic E-state index is 11.9. The molecule has 19 heavy (non-hydrogen) atoms. The van der Waals surface area contributed by atoms with Crippen molar-refractivity contribution in [3.63, 3.8) is 0 Å². The highest BCUT2D eigenvalue weighted by Crippen LogP contribution is 2.12. The largest absolute Gasteiger partial charge is 0.310 e. The molecule has 0 saturated heterocycles. The quantitative estimate of drug-likeness (QED) is 0.876. The monoisotopic (exact) mass is 275 g/mol. The number of nitrogens with one attached hydrogen (secondary N) is 1. The van der Waals surface area contributed by atoms with Gasteiger partial charge in [0.25, 0.3) is 0 Å². The van der Waals surface area contributed by atoms with Crippen LogP contribution in [0.1, 0.15) is 17.0 Å². The van der Waals surface area contributed by atoms with Gasteiger partial charge in [-0.05, 0) is 37.6 Å². The number of anilines is 1. The lowest BCUT2D eigenvalue weighted by Gasteiger charge is -2.07. The van der Waals surface area contributed by atoms with Crippen LogP contribution < -0.4 is 5.32 Å². The summed E-state index contributed by atoms with van der Waals surface area (Å²) in [6.07, 6.45) is 0.256. The fourth-order valence-corrected chi connectivity index (χ4v) is 1.91. The van der Waals surface area contributed by atoms with Crippen LogP contribution in [0, 0.1) is 13.8 Å². The lowest BCUT2D eigenvalue weighted by atomic mass is 10.1. The molecular formula is C14H14ClN3O. The maximum Gasteiger partial charge on any atom is 0.230 e.